The highest BCUT2D eigenvalue weighted by atomic mass is 32.2. The van der Waals surface area contributed by atoms with E-state index in [1.54, 1.807) is 6.20 Å². The number of hydrogen-bond acceptors (Lipinski definition) is 1. The molecular weight excluding hydrogens is 194 g/mol. The first kappa shape index (κ1) is 9.21. The molecule has 0 aliphatic rings. The Morgan fingerprint density at radius 3 is 2.43 bits per heavy atom. The van der Waals surface area contributed by atoms with Gasteiger partial charge in [0, 0.05) is 11.1 Å². The molecule has 1 N–H and O–H groups in total. The average Bonchev–Trinajstić information content (AvgIpc) is 2.71. The first-order valence-electron chi connectivity index (χ1n) is 4.39. The molecule has 0 saturated heterocycles. The lowest BCUT2D eigenvalue weighted by molar-refractivity contribution is 0.681. The Morgan fingerprint density at radius 2 is 1.86 bits per heavy atom. The molecule has 2 rings (SSSR count). The van der Waals surface area contributed by atoms with Crippen LogP contribution in [0.25, 0.3) is 0 Å². The highest BCUT2D eigenvalue weighted by molar-refractivity contribution is 7.85. The van der Waals surface area contributed by atoms with Crippen molar-refractivity contribution in [3.63, 3.8) is 0 Å². The van der Waals surface area contributed by atoms with Gasteiger partial charge in [0.1, 0.15) is 15.8 Å². The second-order valence-corrected chi connectivity index (χ2v) is 4.56. The van der Waals surface area contributed by atoms with Crippen molar-refractivity contribution in [2.24, 2.45) is 0 Å². The SMILES string of the molecule is Cc1ccc(S(=O)c2ccc[nH]2)cc1. The van der Waals surface area contributed by atoms with Gasteiger partial charge in [-0.05, 0) is 31.2 Å². The van der Waals surface area contributed by atoms with Crippen molar-refractivity contribution >= 4 is 10.8 Å². The zero-order chi connectivity index (χ0) is 9.97. The van der Waals surface area contributed by atoms with E-state index in [0.717, 1.165) is 9.92 Å². The third kappa shape index (κ3) is 1.77. The van der Waals surface area contributed by atoms with Crippen LogP contribution >= 0.6 is 0 Å². The maximum Gasteiger partial charge on any atom is 0.109 e. The monoisotopic (exact) mass is 205 g/mol. The summed E-state index contributed by atoms with van der Waals surface area (Å²) in [6.07, 6.45) is 1.78. The summed E-state index contributed by atoms with van der Waals surface area (Å²) >= 11 is 0. The molecule has 0 bridgehead atoms. The van der Waals surface area contributed by atoms with Gasteiger partial charge in [-0.3, -0.25) is 0 Å². The normalized spacial score (nSPS) is 12.6. The number of aryl methyl sites for hydroxylation is 1. The molecule has 1 aromatic carbocycles. The average molecular weight is 205 g/mol. The van der Waals surface area contributed by atoms with E-state index >= 15 is 0 Å². The van der Waals surface area contributed by atoms with Crippen LogP contribution in [0.1, 0.15) is 5.56 Å². The van der Waals surface area contributed by atoms with Gasteiger partial charge >= 0.3 is 0 Å². The molecule has 0 amide bonds. The highest BCUT2D eigenvalue weighted by Gasteiger charge is 2.06. The van der Waals surface area contributed by atoms with E-state index in [9.17, 15) is 4.21 Å². The molecule has 14 heavy (non-hydrogen) atoms. The van der Waals surface area contributed by atoms with E-state index in [-0.39, 0.29) is 0 Å². The third-order valence-corrected chi connectivity index (χ3v) is 3.36. The number of nitrogens with one attached hydrogen (secondary N) is 1. The predicted octanol–water partition coefficient (Wildman–Crippen LogP) is 2.49. The molecule has 1 heterocycles. The van der Waals surface area contributed by atoms with E-state index in [1.807, 2.05) is 43.3 Å². The summed E-state index contributed by atoms with van der Waals surface area (Å²) < 4.78 is 11.9. The number of hydrogen-bond donors (Lipinski definition) is 1. The molecule has 0 aliphatic heterocycles. The lowest BCUT2D eigenvalue weighted by Crippen LogP contribution is -1.92. The minimum Gasteiger partial charge on any atom is -0.354 e. The molecular formula is C11H11NOS. The van der Waals surface area contributed by atoms with Crippen LogP contribution in [0, 0.1) is 6.92 Å². The summed E-state index contributed by atoms with van der Waals surface area (Å²) in [5.74, 6) is 0. The van der Waals surface area contributed by atoms with Crippen molar-refractivity contribution in [2.45, 2.75) is 16.8 Å². The predicted molar refractivity (Wildman–Crippen MR) is 56.6 cm³/mol. The van der Waals surface area contributed by atoms with Crippen molar-refractivity contribution < 1.29 is 4.21 Å². The smallest absolute Gasteiger partial charge is 0.109 e. The lowest BCUT2D eigenvalue weighted by atomic mass is 10.2. The van der Waals surface area contributed by atoms with E-state index in [4.69, 9.17) is 0 Å². The first-order valence-corrected chi connectivity index (χ1v) is 5.54. The fourth-order valence-corrected chi connectivity index (χ4v) is 2.23. The summed E-state index contributed by atoms with van der Waals surface area (Å²) in [4.78, 5) is 3.78. The van der Waals surface area contributed by atoms with Crippen molar-refractivity contribution in [3.05, 3.63) is 48.2 Å². The van der Waals surface area contributed by atoms with Crippen molar-refractivity contribution in [3.8, 4) is 0 Å². The van der Waals surface area contributed by atoms with Crippen LogP contribution in [0.3, 0.4) is 0 Å². The Kier molecular flexibility index (Phi) is 2.50. The topological polar surface area (TPSA) is 32.9 Å². The molecule has 1 atom stereocenters. The van der Waals surface area contributed by atoms with Crippen molar-refractivity contribution in [1.29, 1.82) is 0 Å². The minimum atomic E-state index is -1.08. The zero-order valence-corrected chi connectivity index (χ0v) is 8.67. The van der Waals surface area contributed by atoms with Crippen LogP contribution in [0.2, 0.25) is 0 Å². The van der Waals surface area contributed by atoms with Crippen LogP contribution in [0.4, 0.5) is 0 Å². The maximum atomic E-state index is 11.9. The van der Waals surface area contributed by atoms with Gasteiger partial charge in [0.15, 0.2) is 0 Å². The van der Waals surface area contributed by atoms with Crippen LogP contribution < -0.4 is 0 Å². The summed E-state index contributed by atoms with van der Waals surface area (Å²) in [6.45, 7) is 2.02. The number of benzene rings is 1. The Balaban J connectivity index is 2.33. The number of H-pyrrole nitrogens is 1. The molecule has 0 spiro atoms. The quantitative estimate of drug-likeness (QED) is 0.802. The van der Waals surface area contributed by atoms with Gasteiger partial charge in [0.25, 0.3) is 0 Å². The largest absolute Gasteiger partial charge is 0.354 e. The van der Waals surface area contributed by atoms with E-state index in [1.165, 1.54) is 5.56 Å². The molecule has 0 radical (unpaired) electrons. The molecule has 2 nitrogen and oxygen atoms in total. The van der Waals surface area contributed by atoms with Crippen molar-refractivity contribution in [2.75, 3.05) is 0 Å². The molecule has 72 valence electrons. The Labute approximate surface area is 85.4 Å². The van der Waals surface area contributed by atoms with Gasteiger partial charge in [0.2, 0.25) is 0 Å². The van der Waals surface area contributed by atoms with Gasteiger partial charge < -0.3 is 4.98 Å². The molecule has 0 fully saturated rings. The molecule has 1 aromatic heterocycles. The second-order valence-electron chi connectivity index (χ2n) is 3.12. The first-order chi connectivity index (χ1) is 6.77. The van der Waals surface area contributed by atoms with E-state index in [2.05, 4.69) is 4.98 Å². The Bertz CT molecular complexity index is 431. The number of aromatic amines is 1. The fourth-order valence-electron chi connectivity index (χ4n) is 1.22. The van der Waals surface area contributed by atoms with Crippen LogP contribution in [0.15, 0.2) is 52.5 Å². The molecule has 0 saturated carbocycles. The van der Waals surface area contributed by atoms with Gasteiger partial charge in [-0.1, -0.05) is 17.7 Å². The van der Waals surface area contributed by atoms with Crippen molar-refractivity contribution in [1.82, 2.24) is 4.98 Å². The molecule has 2 aromatic rings. The maximum absolute atomic E-state index is 11.9. The highest BCUT2D eigenvalue weighted by Crippen LogP contribution is 2.14. The van der Waals surface area contributed by atoms with Crippen LogP contribution in [0.5, 0.6) is 0 Å². The summed E-state index contributed by atoms with van der Waals surface area (Å²) in [5, 5.41) is 0.744. The van der Waals surface area contributed by atoms with E-state index < -0.39 is 10.8 Å². The van der Waals surface area contributed by atoms with Gasteiger partial charge in [-0.2, -0.15) is 0 Å². The number of rotatable bonds is 2. The van der Waals surface area contributed by atoms with Crippen LogP contribution in [-0.4, -0.2) is 9.19 Å². The second kappa shape index (κ2) is 3.80. The zero-order valence-electron chi connectivity index (χ0n) is 7.86. The molecule has 3 heteroatoms. The molecule has 0 aliphatic carbocycles. The molecule has 1 unspecified atom stereocenters. The standard InChI is InChI=1S/C11H11NOS/c1-9-4-6-10(7-5-9)14(13)11-3-2-8-12-11/h2-8,12H,1H3. The summed E-state index contributed by atoms with van der Waals surface area (Å²) in [5.41, 5.74) is 1.18. The minimum absolute atomic E-state index is 0.744. The van der Waals surface area contributed by atoms with Gasteiger partial charge in [-0.15, -0.1) is 0 Å². The fraction of sp³-hybridized carbons (Fsp3) is 0.0909. The van der Waals surface area contributed by atoms with Gasteiger partial charge in [0.05, 0.1) is 0 Å². The Morgan fingerprint density at radius 1 is 1.14 bits per heavy atom. The lowest BCUT2D eigenvalue weighted by Gasteiger charge is -1.99. The Hall–Kier alpha value is -1.35. The third-order valence-electron chi connectivity index (χ3n) is 2.00. The van der Waals surface area contributed by atoms with E-state index in [0.29, 0.717) is 0 Å². The van der Waals surface area contributed by atoms with Gasteiger partial charge in [-0.25, -0.2) is 4.21 Å². The summed E-state index contributed by atoms with van der Waals surface area (Å²) in [6, 6.07) is 11.4. The summed E-state index contributed by atoms with van der Waals surface area (Å²) in [7, 11) is -1.08. The van der Waals surface area contributed by atoms with Crippen LogP contribution in [-0.2, 0) is 10.8 Å². The number of aromatic nitrogens is 1.